The van der Waals surface area contributed by atoms with Gasteiger partial charge in [-0.1, -0.05) is 40.9 Å². The first kappa shape index (κ1) is 23.2. The van der Waals surface area contributed by atoms with Gasteiger partial charge in [-0.05, 0) is 67.1 Å². The molecule has 0 aliphatic rings. The average Bonchev–Trinajstić information content (AvgIpc) is 2.68. The van der Waals surface area contributed by atoms with Crippen LogP contribution in [-0.4, -0.2) is 20.9 Å². The van der Waals surface area contributed by atoms with Crippen molar-refractivity contribution in [3.8, 4) is 5.75 Å². The Balaban J connectivity index is 1.60. The van der Waals surface area contributed by atoms with Crippen LogP contribution < -0.4 is 14.8 Å². The zero-order valence-electron chi connectivity index (χ0n) is 16.2. The van der Waals surface area contributed by atoms with Crippen LogP contribution in [0.1, 0.15) is 5.56 Å². The summed E-state index contributed by atoms with van der Waals surface area (Å²) in [5.41, 5.74) is 1.64. The predicted octanol–water partition coefficient (Wildman–Crippen LogP) is 5.77. The number of carbonyl (C=O) groups excluding carboxylic acids is 1. The van der Waals surface area contributed by atoms with Crippen LogP contribution in [0.3, 0.4) is 0 Å². The Bertz CT molecular complexity index is 1200. The molecule has 0 radical (unpaired) electrons. The average molecular weight is 500 g/mol. The third-order valence-corrected chi connectivity index (χ3v) is 6.32. The van der Waals surface area contributed by atoms with Crippen molar-refractivity contribution in [3.05, 3.63) is 81.3 Å². The van der Waals surface area contributed by atoms with E-state index in [-0.39, 0.29) is 11.5 Å². The molecule has 0 spiro atoms. The van der Waals surface area contributed by atoms with Gasteiger partial charge in [0, 0.05) is 20.8 Å². The number of aryl methyl sites for hydroxylation is 1. The minimum Gasteiger partial charge on any atom is -0.484 e. The third kappa shape index (κ3) is 6.51. The van der Waals surface area contributed by atoms with E-state index in [2.05, 4.69) is 10.0 Å². The highest BCUT2D eigenvalue weighted by atomic mass is 35.5. The zero-order chi connectivity index (χ0) is 22.6. The molecule has 0 unspecified atom stereocenters. The van der Waals surface area contributed by atoms with Gasteiger partial charge in [0.25, 0.3) is 15.9 Å². The number of carbonyl (C=O) groups is 1. The minimum absolute atomic E-state index is 0.0366. The predicted molar refractivity (Wildman–Crippen MR) is 124 cm³/mol. The molecule has 0 saturated carbocycles. The minimum atomic E-state index is -3.81. The molecule has 0 fully saturated rings. The van der Waals surface area contributed by atoms with E-state index in [1.54, 1.807) is 30.3 Å². The van der Waals surface area contributed by atoms with Gasteiger partial charge in [-0.15, -0.1) is 0 Å². The Kier molecular flexibility index (Phi) is 7.33. The van der Waals surface area contributed by atoms with Crippen molar-refractivity contribution >= 4 is 62.1 Å². The number of nitrogens with one attached hydrogen (secondary N) is 2. The second-order valence-electron chi connectivity index (χ2n) is 6.54. The van der Waals surface area contributed by atoms with Gasteiger partial charge in [0.1, 0.15) is 5.75 Å². The number of hydrogen-bond donors (Lipinski definition) is 2. The van der Waals surface area contributed by atoms with Crippen molar-refractivity contribution in [2.24, 2.45) is 0 Å². The highest BCUT2D eigenvalue weighted by molar-refractivity contribution is 7.92. The van der Waals surface area contributed by atoms with Crippen molar-refractivity contribution in [1.29, 1.82) is 0 Å². The first-order valence-corrected chi connectivity index (χ1v) is 11.5. The summed E-state index contributed by atoms with van der Waals surface area (Å²) in [5.74, 6) is -0.0930. The monoisotopic (exact) mass is 498 g/mol. The van der Waals surface area contributed by atoms with E-state index >= 15 is 0 Å². The molecule has 0 saturated heterocycles. The van der Waals surface area contributed by atoms with Crippen LogP contribution >= 0.6 is 34.8 Å². The van der Waals surface area contributed by atoms with Gasteiger partial charge in [-0.3, -0.25) is 9.52 Å². The number of halogens is 3. The van der Waals surface area contributed by atoms with Gasteiger partial charge in [0.05, 0.1) is 10.6 Å². The summed E-state index contributed by atoms with van der Waals surface area (Å²) in [6, 6.07) is 15.2. The van der Waals surface area contributed by atoms with Crippen molar-refractivity contribution in [2.75, 3.05) is 16.6 Å². The largest absolute Gasteiger partial charge is 0.484 e. The first-order valence-electron chi connectivity index (χ1n) is 8.90. The van der Waals surface area contributed by atoms with E-state index < -0.39 is 15.9 Å². The van der Waals surface area contributed by atoms with Crippen LogP contribution in [0.5, 0.6) is 5.75 Å². The van der Waals surface area contributed by atoms with E-state index in [9.17, 15) is 13.2 Å². The Labute approximate surface area is 195 Å². The number of rotatable bonds is 7. The number of benzene rings is 3. The molecular formula is C21H17Cl3N2O4S. The molecule has 162 valence electrons. The molecule has 2 N–H and O–H groups in total. The normalized spacial score (nSPS) is 11.1. The van der Waals surface area contributed by atoms with Crippen molar-refractivity contribution in [2.45, 2.75) is 11.8 Å². The molecule has 10 heteroatoms. The Morgan fingerprint density at radius 1 is 0.903 bits per heavy atom. The number of hydrogen-bond acceptors (Lipinski definition) is 4. The van der Waals surface area contributed by atoms with Gasteiger partial charge < -0.3 is 10.1 Å². The maximum absolute atomic E-state index is 12.6. The van der Waals surface area contributed by atoms with Crippen LogP contribution in [0, 0.1) is 6.92 Å². The van der Waals surface area contributed by atoms with Gasteiger partial charge in [0.2, 0.25) is 0 Å². The fourth-order valence-corrected chi connectivity index (χ4v) is 4.31. The van der Waals surface area contributed by atoms with Crippen LogP contribution in [0.4, 0.5) is 11.4 Å². The van der Waals surface area contributed by atoms with Gasteiger partial charge in [0.15, 0.2) is 6.61 Å². The number of sulfonamides is 1. The molecule has 0 heterocycles. The molecule has 0 bridgehead atoms. The highest BCUT2D eigenvalue weighted by Crippen LogP contribution is 2.24. The van der Waals surface area contributed by atoms with E-state index in [1.807, 2.05) is 6.92 Å². The van der Waals surface area contributed by atoms with Crippen LogP contribution in [-0.2, 0) is 14.8 Å². The second kappa shape index (κ2) is 9.78. The summed E-state index contributed by atoms with van der Waals surface area (Å²) in [6.07, 6.45) is 0. The summed E-state index contributed by atoms with van der Waals surface area (Å²) >= 11 is 17.8. The quantitative estimate of drug-likeness (QED) is 0.432. The second-order valence-corrected chi connectivity index (χ2v) is 9.50. The van der Waals surface area contributed by atoms with Crippen LogP contribution in [0.2, 0.25) is 15.1 Å². The lowest BCUT2D eigenvalue weighted by molar-refractivity contribution is -0.118. The smallest absolute Gasteiger partial charge is 0.262 e. The molecule has 3 rings (SSSR count). The van der Waals surface area contributed by atoms with Crippen molar-refractivity contribution in [3.63, 3.8) is 0 Å². The molecule has 0 aliphatic heterocycles. The van der Waals surface area contributed by atoms with Crippen LogP contribution in [0.25, 0.3) is 0 Å². The first-order chi connectivity index (χ1) is 14.6. The molecule has 0 aromatic heterocycles. The molecular weight excluding hydrogens is 483 g/mol. The Morgan fingerprint density at radius 3 is 2.16 bits per heavy atom. The zero-order valence-corrected chi connectivity index (χ0v) is 19.2. The summed E-state index contributed by atoms with van der Waals surface area (Å²) in [6.45, 7) is 1.54. The van der Waals surface area contributed by atoms with Crippen molar-refractivity contribution in [1.82, 2.24) is 0 Å². The number of anilines is 2. The van der Waals surface area contributed by atoms with Gasteiger partial charge in [-0.25, -0.2) is 8.42 Å². The molecule has 6 nitrogen and oxygen atoms in total. The van der Waals surface area contributed by atoms with E-state index in [1.165, 1.54) is 30.3 Å². The highest BCUT2D eigenvalue weighted by Gasteiger charge is 2.15. The lowest BCUT2D eigenvalue weighted by atomic mass is 10.2. The fourth-order valence-electron chi connectivity index (χ4n) is 2.56. The summed E-state index contributed by atoms with van der Waals surface area (Å²) in [4.78, 5) is 12.1. The molecule has 1 amide bonds. The molecule has 3 aromatic rings. The van der Waals surface area contributed by atoms with Gasteiger partial charge in [-0.2, -0.15) is 0 Å². The van der Waals surface area contributed by atoms with E-state index in [0.717, 1.165) is 5.56 Å². The lowest BCUT2D eigenvalue weighted by Crippen LogP contribution is -2.20. The molecule has 31 heavy (non-hydrogen) atoms. The Hall–Kier alpha value is -2.45. The summed E-state index contributed by atoms with van der Waals surface area (Å²) in [5, 5.41) is 3.86. The number of amides is 1. The third-order valence-electron chi connectivity index (χ3n) is 4.07. The lowest BCUT2D eigenvalue weighted by Gasteiger charge is -2.11. The fraction of sp³-hybridized carbons (Fsp3) is 0.0952. The van der Waals surface area contributed by atoms with Crippen LogP contribution in [0.15, 0.2) is 65.6 Å². The summed E-state index contributed by atoms with van der Waals surface area (Å²) in [7, 11) is -3.81. The molecule has 0 atom stereocenters. The number of ether oxygens (including phenoxy) is 1. The SMILES string of the molecule is Cc1ccc(NS(=O)(=O)c2ccc(OCC(=O)Nc3cc(Cl)cc(Cl)c3)cc2)cc1Cl. The topological polar surface area (TPSA) is 84.5 Å². The van der Waals surface area contributed by atoms with Gasteiger partial charge >= 0.3 is 0 Å². The van der Waals surface area contributed by atoms with E-state index in [4.69, 9.17) is 39.5 Å². The summed E-state index contributed by atoms with van der Waals surface area (Å²) < 4.78 is 33.0. The van der Waals surface area contributed by atoms with E-state index in [0.29, 0.717) is 32.2 Å². The molecule has 0 aliphatic carbocycles. The maximum Gasteiger partial charge on any atom is 0.262 e. The van der Waals surface area contributed by atoms with Crippen molar-refractivity contribution < 1.29 is 17.9 Å². The maximum atomic E-state index is 12.6. The Morgan fingerprint density at radius 2 is 1.55 bits per heavy atom. The molecule has 3 aromatic carbocycles. The standard InChI is InChI=1S/C21H17Cl3N2O4S/c1-13-2-3-16(11-20(13)24)26-31(28,29)19-6-4-18(5-7-19)30-12-21(27)25-17-9-14(22)8-15(23)10-17/h2-11,26H,12H2,1H3,(H,25,27).